The van der Waals surface area contributed by atoms with Gasteiger partial charge in [-0.05, 0) is 42.6 Å². The summed E-state index contributed by atoms with van der Waals surface area (Å²) in [6, 6.07) is 11.4. The van der Waals surface area contributed by atoms with Crippen LogP contribution in [-0.4, -0.2) is 34.6 Å². The van der Waals surface area contributed by atoms with Crippen molar-refractivity contribution in [3.05, 3.63) is 52.5 Å². The highest BCUT2D eigenvalue weighted by molar-refractivity contribution is 7.10. The standard InChI is InChI=1S/C18H19N3O3S/c1-3-23-14-8-6-13(7-9-14)18-19-16(24-20-18)12-21(2)17(22)11-15-5-4-10-25-15/h4-10H,3,11-12H2,1-2H3. The molecule has 25 heavy (non-hydrogen) atoms. The summed E-state index contributed by atoms with van der Waals surface area (Å²) in [6.45, 7) is 2.85. The summed E-state index contributed by atoms with van der Waals surface area (Å²) in [4.78, 5) is 19.2. The largest absolute Gasteiger partial charge is 0.494 e. The fraction of sp³-hybridized carbons (Fsp3) is 0.278. The predicted octanol–water partition coefficient (Wildman–Crippen LogP) is 3.40. The van der Waals surface area contributed by atoms with Gasteiger partial charge in [0.25, 0.3) is 0 Å². The molecule has 0 radical (unpaired) electrons. The molecular formula is C18H19N3O3S. The van der Waals surface area contributed by atoms with Crippen LogP contribution in [0.4, 0.5) is 0 Å². The summed E-state index contributed by atoms with van der Waals surface area (Å²) in [5.41, 5.74) is 0.839. The molecule has 6 nitrogen and oxygen atoms in total. The van der Waals surface area contributed by atoms with Crippen molar-refractivity contribution in [1.29, 1.82) is 0 Å². The highest BCUT2D eigenvalue weighted by Gasteiger charge is 2.15. The zero-order valence-corrected chi connectivity index (χ0v) is 15.0. The molecule has 0 aliphatic heterocycles. The number of rotatable bonds is 7. The summed E-state index contributed by atoms with van der Waals surface area (Å²) < 4.78 is 10.7. The molecule has 2 aromatic heterocycles. The maximum Gasteiger partial charge on any atom is 0.246 e. The van der Waals surface area contributed by atoms with Crippen molar-refractivity contribution in [3.8, 4) is 17.1 Å². The van der Waals surface area contributed by atoms with Crippen molar-refractivity contribution < 1.29 is 14.1 Å². The fourth-order valence-electron chi connectivity index (χ4n) is 2.29. The Labute approximate surface area is 150 Å². The molecule has 0 bridgehead atoms. The highest BCUT2D eigenvalue weighted by Crippen LogP contribution is 2.20. The van der Waals surface area contributed by atoms with E-state index in [2.05, 4.69) is 10.1 Å². The Morgan fingerprint density at radius 1 is 1.28 bits per heavy atom. The number of aromatic nitrogens is 2. The van der Waals surface area contributed by atoms with Gasteiger partial charge in [0.15, 0.2) is 0 Å². The van der Waals surface area contributed by atoms with E-state index in [-0.39, 0.29) is 12.5 Å². The lowest BCUT2D eigenvalue weighted by Crippen LogP contribution is -2.27. The Morgan fingerprint density at radius 2 is 2.08 bits per heavy atom. The lowest BCUT2D eigenvalue weighted by Gasteiger charge is -2.13. The second kappa shape index (κ2) is 7.94. The van der Waals surface area contributed by atoms with E-state index in [9.17, 15) is 4.79 Å². The number of nitrogens with zero attached hydrogens (tertiary/aromatic N) is 3. The molecule has 0 unspecified atom stereocenters. The van der Waals surface area contributed by atoms with Crippen LogP contribution in [0.3, 0.4) is 0 Å². The second-order valence-corrected chi connectivity index (χ2v) is 6.51. The average Bonchev–Trinajstić information content (AvgIpc) is 3.28. The first-order valence-electron chi connectivity index (χ1n) is 7.98. The van der Waals surface area contributed by atoms with Gasteiger partial charge in [0.05, 0.1) is 19.6 Å². The second-order valence-electron chi connectivity index (χ2n) is 5.48. The molecular weight excluding hydrogens is 338 g/mol. The van der Waals surface area contributed by atoms with E-state index in [4.69, 9.17) is 9.26 Å². The van der Waals surface area contributed by atoms with Crippen LogP contribution in [0.25, 0.3) is 11.4 Å². The van der Waals surface area contributed by atoms with Gasteiger partial charge in [-0.25, -0.2) is 0 Å². The number of carbonyl (C=O) groups excluding carboxylic acids is 1. The highest BCUT2D eigenvalue weighted by atomic mass is 32.1. The van der Waals surface area contributed by atoms with Gasteiger partial charge in [-0.15, -0.1) is 11.3 Å². The summed E-state index contributed by atoms with van der Waals surface area (Å²) in [5, 5.41) is 5.95. The molecule has 3 rings (SSSR count). The van der Waals surface area contributed by atoms with Crippen LogP contribution in [0.15, 0.2) is 46.3 Å². The smallest absolute Gasteiger partial charge is 0.246 e. The minimum atomic E-state index is 0.0169. The number of carbonyl (C=O) groups is 1. The summed E-state index contributed by atoms with van der Waals surface area (Å²) >= 11 is 1.57. The molecule has 0 saturated carbocycles. The van der Waals surface area contributed by atoms with Crippen molar-refractivity contribution in [2.75, 3.05) is 13.7 Å². The molecule has 0 spiro atoms. The van der Waals surface area contributed by atoms with E-state index < -0.39 is 0 Å². The molecule has 0 aliphatic rings. The van der Waals surface area contributed by atoms with E-state index in [1.165, 1.54) is 0 Å². The first-order chi connectivity index (χ1) is 12.2. The van der Waals surface area contributed by atoms with Crippen LogP contribution < -0.4 is 4.74 Å². The van der Waals surface area contributed by atoms with Crippen molar-refractivity contribution in [3.63, 3.8) is 0 Å². The number of ether oxygens (including phenoxy) is 1. The Balaban J connectivity index is 1.61. The van der Waals surface area contributed by atoms with Crippen LogP contribution in [0.5, 0.6) is 5.75 Å². The first-order valence-corrected chi connectivity index (χ1v) is 8.86. The quantitative estimate of drug-likeness (QED) is 0.648. The molecule has 0 saturated heterocycles. The third kappa shape index (κ3) is 4.45. The van der Waals surface area contributed by atoms with Crippen molar-refractivity contribution in [2.45, 2.75) is 19.9 Å². The zero-order valence-electron chi connectivity index (χ0n) is 14.1. The van der Waals surface area contributed by atoms with E-state index in [1.807, 2.05) is 48.7 Å². The van der Waals surface area contributed by atoms with Crippen molar-refractivity contribution >= 4 is 17.2 Å². The molecule has 0 atom stereocenters. The maximum atomic E-state index is 12.2. The van der Waals surface area contributed by atoms with Crippen LogP contribution in [0.2, 0.25) is 0 Å². The molecule has 7 heteroatoms. The van der Waals surface area contributed by atoms with Crippen LogP contribution in [0, 0.1) is 0 Å². The number of hydrogen-bond donors (Lipinski definition) is 0. The topological polar surface area (TPSA) is 68.5 Å². The zero-order chi connectivity index (χ0) is 17.6. The lowest BCUT2D eigenvalue weighted by molar-refractivity contribution is -0.129. The van der Waals surface area contributed by atoms with Crippen molar-refractivity contribution in [2.24, 2.45) is 0 Å². The Bertz CT molecular complexity index is 812. The van der Waals surface area contributed by atoms with Gasteiger partial charge >= 0.3 is 0 Å². The minimum Gasteiger partial charge on any atom is -0.494 e. The molecule has 0 fully saturated rings. The van der Waals surface area contributed by atoms with Crippen LogP contribution in [0.1, 0.15) is 17.7 Å². The number of likely N-dealkylation sites (N-methyl/N-ethyl adjacent to an activating group) is 1. The summed E-state index contributed by atoms with van der Waals surface area (Å²) in [6.07, 6.45) is 0.383. The van der Waals surface area contributed by atoms with Gasteiger partial charge in [-0.2, -0.15) is 4.98 Å². The number of hydrogen-bond acceptors (Lipinski definition) is 6. The number of thiophene rings is 1. The van der Waals surface area contributed by atoms with Crippen LogP contribution >= 0.6 is 11.3 Å². The van der Waals surface area contributed by atoms with Crippen molar-refractivity contribution in [1.82, 2.24) is 15.0 Å². The number of amides is 1. The summed E-state index contributed by atoms with van der Waals surface area (Å²) in [7, 11) is 1.73. The monoisotopic (exact) mass is 357 g/mol. The predicted molar refractivity (Wildman–Crippen MR) is 95.4 cm³/mol. The van der Waals surface area contributed by atoms with Gasteiger partial charge in [-0.3, -0.25) is 4.79 Å². The lowest BCUT2D eigenvalue weighted by atomic mass is 10.2. The first kappa shape index (κ1) is 17.2. The van der Waals surface area contributed by atoms with E-state index in [1.54, 1.807) is 23.3 Å². The van der Waals surface area contributed by atoms with E-state index >= 15 is 0 Å². The third-order valence-electron chi connectivity index (χ3n) is 3.60. The molecule has 1 aromatic carbocycles. The number of benzene rings is 1. The maximum absolute atomic E-state index is 12.2. The van der Waals surface area contributed by atoms with E-state index in [0.717, 1.165) is 16.2 Å². The molecule has 0 aliphatic carbocycles. The van der Waals surface area contributed by atoms with Crippen LogP contribution in [-0.2, 0) is 17.8 Å². The molecule has 2 heterocycles. The Morgan fingerprint density at radius 3 is 2.76 bits per heavy atom. The van der Waals surface area contributed by atoms with Gasteiger partial charge in [0.1, 0.15) is 5.75 Å². The molecule has 0 N–H and O–H groups in total. The molecule has 130 valence electrons. The molecule has 1 amide bonds. The summed E-state index contributed by atoms with van der Waals surface area (Å²) in [5.74, 6) is 1.72. The van der Waals surface area contributed by atoms with E-state index in [0.29, 0.717) is 24.7 Å². The third-order valence-corrected chi connectivity index (χ3v) is 4.47. The average molecular weight is 357 g/mol. The fourth-order valence-corrected chi connectivity index (χ4v) is 2.99. The van der Waals surface area contributed by atoms with Gasteiger partial charge in [0.2, 0.25) is 17.6 Å². The SMILES string of the molecule is CCOc1ccc(-c2noc(CN(C)C(=O)Cc3cccs3)n2)cc1. The Kier molecular flexibility index (Phi) is 5.45. The minimum absolute atomic E-state index is 0.0169. The normalized spacial score (nSPS) is 10.6. The molecule has 3 aromatic rings. The van der Waals surface area contributed by atoms with Gasteiger partial charge < -0.3 is 14.2 Å². The van der Waals surface area contributed by atoms with Gasteiger partial charge in [-0.1, -0.05) is 11.2 Å². The Hall–Kier alpha value is -2.67. The van der Waals surface area contributed by atoms with Gasteiger partial charge in [0, 0.05) is 17.5 Å².